The standard InChI is InChI=1S/C32H32O8.2C6H7NO/c1-13-17-5-19(27(35)9-25(17)33)14(2)21-7-23(31(39)11-29(21)37)16(4)24-8-22(30(38)12-32(24)40)15(3)20-6-18(13)26(34)10-28(20)36;2*1-6-3-2-4-7(8)5-6/h5-16,33-40H,1-4H3;2*2-5H,1H3. The summed E-state index contributed by atoms with van der Waals surface area (Å²) in [5.74, 6) is -3.99. The summed E-state index contributed by atoms with van der Waals surface area (Å²) in [5.41, 5.74) is 5.15. The Bertz CT molecular complexity index is 1970. The smallest absolute Gasteiger partial charge is 0.183 e. The lowest BCUT2D eigenvalue weighted by atomic mass is 9.81. The van der Waals surface area contributed by atoms with Gasteiger partial charge < -0.3 is 51.3 Å². The molecule has 7 rings (SSSR count). The Kier molecular flexibility index (Phi) is 11.7. The first-order valence-electron chi connectivity index (χ1n) is 17.9. The Labute approximate surface area is 324 Å². The number of benzene rings is 4. The minimum Gasteiger partial charge on any atom is -0.619 e. The van der Waals surface area contributed by atoms with E-state index in [1.54, 1.807) is 64.1 Å². The van der Waals surface area contributed by atoms with Crippen LogP contribution in [-0.2, 0) is 0 Å². The summed E-state index contributed by atoms with van der Waals surface area (Å²) in [4.78, 5) is 0. The molecule has 4 aromatic carbocycles. The van der Waals surface area contributed by atoms with Crippen molar-refractivity contribution in [3.8, 4) is 46.0 Å². The fourth-order valence-electron chi connectivity index (χ4n) is 7.02. The fourth-order valence-corrected chi connectivity index (χ4v) is 7.02. The number of pyridine rings is 2. The lowest BCUT2D eigenvalue weighted by Crippen LogP contribution is -2.23. The molecular weight excluding hydrogens is 716 g/mol. The van der Waals surface area contributed by atoms with E-state index in [0.29, 0.717) is 44.5 Å². The highest BCUT2D eigenvalue weighted by atomic mass is 16.5. The van der Waals surface area contributed by atoms with Gasteiger partial charge in [0.1, 0.15) is 46.0 Å². The molecule has 8 N–H and O–H groups in total. The van der Waals surface area contributed by atoms with Gasteiger partial charge in [0.15, 0.2) is 24.8 Å². The van der Waals surface area contributed by atoms with Gasteiger partial charge in [0.05, 0.1) is 0 Å². The molecule has 2 heterocycles. The predicted octanol–water partition coefficient (Wildman–Crippen LogP) is 7.51. The molecule has 0 saturated carbocycles. The minimum atomic E-state index is -0.598. The maximum Gasteiger partial charge on any atom is 0.183 e. The second-order valence-corrected chi connectivity index (χ2v) is 14.2. The van der Waals surface area contributed by atoms with Crippen LogP contribution in [0.1, 0.15) is 107 Å². The van der Waals surface area contributed by atoms with Gasteiger partial charge in [-0.05, 0) is 50.2 Å². The maximum atomic E-state index is 10.8. The minimum absolute atomic E-state index is 0.200. The third-order valence-electron chi connectivity index (χ3n) is 10.3. The van der Waals surface area contributed by atoms with Crippen molar-refractivity contribution in [2.75, 3.05) is 0 Å². The molecule has 1 aliphatic rings. The van der Waals surface area contributed by atoms with Gasteiger partial charge in [-0.3, -0.25) is 0 Å². The molecule has 0 spiro atoms. The lowest BCUT2D eigenvalue weighted by Gasteiger charge is -2.25. The highest BCUT2D eigenvalue weighted by molar-refractivity contribution is 5.61. The Morgan fingerprint density at radius 3 is 0.714 bits per heavy atom. The first-order chi connectivity index (χ1) is 26.4. The number of aromatic hydroxyl groups is 8. The molecule has 12 heteroatoms. The van der Waals surface area contributed by atoms with Crippen LogP contribution in [0.4, 0.5) is 0 Å². The number of hydrogen-bond donors (Lipinski definition) is 8. The van der Waals surface area contributed by atoms with Gasteiger partial charge >= 0.3 is 0 Å². The van der Waals surface area contributed by atoms with Crippen molar-refractivity contribution >= 4 is 0 Å². The molecule has 0 fully saturated rings. The zero-order valence-electron chi connectivity index (χ0n) is 31.8. The molecule has 0 atom stereocenters. The van der Waals surface area contributed by atoms with E-state index in [9.17, 15) is 51.3 Å². The van der Waals surface area contributed by atoms with Crippen molar-refractivity contribution in [3.63, 3.8) is 0 Å². The average Bonchev–Trinajstić information content (AvgIpc) is 3.11. The van der Waals surface area contributed by atoms with Crippen LogP contribution in [0.5, 0.6) is 46.0 Å². The summed E-state index contributed by atoms with van der Waals surface area (Å²) in [6.07, 6.45) is 5.99. The Hall–Kier alpha value is -6.82. The van der Waals surface area contributed by atoms with E-state index in [2.05, 4.69) is 0 Å². The van der Waals surface area contributed by atoms with E-state index in [1.165, 1.54) is 49.1 Å². The first-order valence-corrected chi connectivity index (χ1v) is 17.9. The molecule has 0 aliphatic heterocycles. The second kappa shape index (κ2) is 16.3. The summed E-state index contributed by atoms with van der Waals surface area (Å²) in [6, 6.07) is 18.5. The highest BCUT2D eigenvalue weighted by Crippen LogP contribution is 2.49. The van der Waals surface area contributed by atoms with Crippen molar-refractivity contribution in [2.45, 2.75) is 65.2 Å². The predicted molar refractivity (Wildman–Crippen MR) is 209 cm³/mol. The molecular formula is C44H46N2O10. The first kappa shape index (κ1) is 40.4. The van der Waals surface area contributed by atoms with Crippen molar-refractivity contribution in [1.82, 2.24) is 0 Å². The quantitative estimate of drug-likeness (QED) is 0.0563. The molecule has 0 radical (unpaired) electrons. The van der Waals surface area contributed by atoms with Gasteiger partial charge in [-0.1, -0.05) is 27.7 Å². The van der Waals surface area contributed by atoms with Crippen molar-refractivity contribution in [3.05, 3.63) is 164 Å². The van der Waals surface area contributed by atoms with Gasteiger partial charge in [-0.25, -0.2) is 0 Å². The van der Waals surface area contributed by atoms with E-state index in [0.717, 1.165) is 20.6 Å². The number of rotatable bonds is 0. The SMILES string of the molecule is CC1c2cc(c(O)cc2O)C(C)c2cc(c(O)cc2O)C(C)c2cc(c(O)cc2O)C(C)c2cc1c(O)cc2O.Cc1ccc[n+]([O-])c1.Cc1ccc[n+]([O-])c1. The number of aryl methyl sites for hydroxylation is 2. The van der Waals surface area contributed by atoms with E-state index >= 15 is 0 Å². The number of hydrogen-bond acceptors (Lipinski definition) is 10. The molecule has 12 nitrogen and oxygen atoms in total. The van der Waals surface area contributed by atoms with Gasteiger partial charge in [-0.15, -0.1) is 0 Å². The third kappa shape index (κ3) is 8.44. The molecule has 6 aromatic rings. The second-order valence-electron chi connectivity index (χ2n) is 14.2. The van der Waals surface area contributed by atoms with Crippen LogP contribution < -0.4 is 9.46 Å². The zero-order valence-corrected chi connectivity index (χ0v) is 31.8. The lowest BCUT2D eigenvalue weighted by molar-refractivity contribution is -0.605. The monoisotopic (exact) mass is 762 g/mol. The summed E-state index contributed by atoms with van der Waals surface area (Å²) >= 11 is 0. The molecule has 0 unspecified atom stereocenters. The van der Waals surface area contributed by atoms with Gasteiger partial charge in [0.2, 0.25) is 0 Å². The van der Waals surface area contributed by atoms with Crippen molar-refractivity contribution < 1.29 is 50.3 Å². The van der Waals surface area contributed by atoms with Crippen LogP contribution >= 0.6 is 0 Å². The number of aromatic nitrogens is 2. The molecule has 8 bridgehead atoms. The van der Waals surface area contributed by atoms with Crippen molar-refractivity contribution in [1.29, 1.82) is 0 Å². The van der Waals surface area contributed by atoms with Crippen LogP contribution in [0.2, 0.25) is 0 Å². The maximum absolute atomic E-state index is 10.8. The fraction of sp³-hybridized carbons (Fsp3) is 0.227. The summed E-state index contributed by atoms with van der Waals surface area (Å²) < 4.78 is 1.57. The summed E-state index contributed by atoms with van der Waals surface area (Å²) in [7, 11) is 0. The van der Waals surface area contributed by atoms with Gasteiger partial charge in [0.25, 0.3) is 0 Å². The van der Waals surface area contributed by atoms with Gasteiger partial charge in [-0.2, -0.15) is 9.46 Å². The summed E-state index contributed by atoms with van der Waals surface area (Å²) in [5, 5.41) is 107. The van der Waals surface area contributed by atoms with Crippen LogP contribution in [-0.4, -0.2) is 40.9 Å². The third-order valence-corrected chi connectivity index (χ3v) is 10.3. The Morgan fingerprint density at radius 2 is 0.571 bits per heavy atom. The highest BCUT2D eigenvalue weighted by Gasteiger charge is 2.29. The molecule has 2 aromatic heterocycles. The topological polar surface area (TPSA) is 216 Å². The number of nitrogens with zero attached hydrogens (tertiary/aromatic N) is 2. The zero-order chi connectivity index (χ0) is 41.2. The normalized spacial score (nSPS) is 17.1. The largest absolute Gasteiger partial charge is 0.619 e. The number of phenolic OH excluding ortho intramolecular Hbond substituents is 8. The van der Waals surface area contributed by atoms with Crippen LogP contribution in [0, 0.1) is 24.3 Å². The van der Waals surface area contributed by atoms with Crippen molar-refractivity contribution in [2.24, 2.45) is 0 Å². The Morgan fingerprint density at radius 1 is 0.375 bits per heavy atom. The Balaban J connectivity index is 0.000000308. The van der Waals surface area contributed by atoms with Crippen LogP contribution in [0.15, 0.2) is 97.6 Å². The van der Waals surface area contributed by atoms with E-state index < -0.39 is 23.7 Å². The molecule has 292 valence electrons. The molecule has 1 aliphatic carbocycles. The van der Waals surface area contributed by atoms with E-state index in [4.69, 9.17) is 0 Å². The average molecular weight is 763 g/mol. The number of phenols is 8. The van der Waals surface area contributed by atoms with Crippen LogP contribution in [0.25, 0.3) is 0 Å². The summed E-state index contributed by atoms with van der Waals surface area (Å²) in [6.45, 7) is 10.8. The number of fused-ring (bicyclic) bond motifs is 8. The van der Waals surface area contributed by atoms with E-state index in [-0.39, 0.29) is 46.0 Å². The molecule has 56 heavy (non-hydrogen) atoms. The van der Waals surface area contributed by atoms with E-state index in [1.807, 2.05) is 26.0 Å². The molecule has 0 saturated heterocycles. The van der Waals surface area contributed by atoms with Gasteiger partial charge in [0, 0.05) is 116 Å². The molecule has 0 amide bonds. The van der Waals surface area contributed by atoms with Crippen LogP contribution in [0.3, 0.4) is 0 Å².